The molecule has 9 nitrogen and oxygen atoms in total. The van der Waals surface area contributed by atoms with Crippen LogP contribution in [0.4, 0.5) is 0 Å². The zero-order valence-corrected chi connectivity index (χ0v) is 17.6. The van der Waals surface area contributed by atoms with Gasteiger partial charge < -0.3 is 15.1 Å². The fourth-order valence-electron chi connectivity index (χ4n) is 4.04. The van der Waals surface area contributed by atoms with Crippen LogP contribution in [0.1, 0.15) is 30.0 Å². The normalized spacial score (nSPS) is 17.0. The van der Waals surface area contributed by atoms with Gasteiger partial charge in [0, 0.05) is 13.0 Å². The van der Waals surface area contributed by atoms with Gasteiger partial charge in [-0.15, -0.1) is 4.91 Å². The molecule has 1 aliphatic heterocycles. The van der Waals surface area contributed by atoms with E-state index in [0.29, 0.717) is 6.42 Å². The minimum Gasteiger partial charge on any atom is -0.480 e. The second-order valence-corrected chi connectivity index (χ2v) is 7.81. The molecule has 0 saturated heterocycles. The number of rotatable bonds is 9. The van der Waals surface area contributed by atoms with E-state index < -0.39 is 36.0 Å². The van der Waals surface area contributed by atoms with Gasteiger partial charge >= 0.3 is 11.9 Å². The number of benzene rings is 2. The molecule has 0 fully saturated rings. The predicted octanol–water partition coefficient (Wildman–Crippen LogP) is 2.48. The highest BCUT2D eigenvalue weighted by atomic mass is 16.4. The van der Waals surface area contributed by atoms with Crippen molar-refractivity contribution >= 4 is 17.8 Å². The number of carboxylic acids is 2. The lowest BCUT2D eigenvalue weighted by molar-refractivity contribution is -0.156. The third-order valence-corrected chi connectivity index (χ3v) is 5.82. The van der Waals surface area contributed by atoms with Gasteiger partial charge in [0.05, 0.1) is 5.29 Å². The maximum absolute atomic E-state index is 13.3. The number of aryl methyl sites for hydroxylation is 1. The molecule has 1 heterocycles. The van der Waals surface area contributed by atoms with Crippen molar-refractivity contribution < 1.29 is 24.6 Å². The Balaban J connectivity index is 1.81. The maximum atomic E-state index is 13.3. The molecule has 0 saturated carbocycles. The van der Waals surface area contributed by atoms with Crippen LogP contribution in [0.25, 0.3) is 0 Å². The van der Waals surface area contributed by atoms with Crippen LogP contribution in [0.2, 0.25) is 0 Å². The van der Waals surface area contributed by atoms with Crippen molar-refractivity contribution in [3.63, 3.8) is 0 Å². The number of nitrogens with zero attached hydrogens (tertiary/aromatic N) is 3. The van der Waals surface area contributed by atoms with Crippen LogP contribution < -0.4 is 0 Å². The summed E-state index contributed by atoms with van der Waals surface area (Å²) in [7, 11) is 0. The summed E-state index contributed by atoms with van der Waals surface area (Å²) in [5, 5.41) is 23.0. The highest BCUT2D eigenvalue weighted by Crippen LogP contribution is 2.26. The van der Waals surface area contributed by atoms with Gasteiger partial charge in [0.15, 0.2) is 0 Å². The smallest absolute Gasteiger partial charge is 0.328 e. The van der Waals surface area contributed by atoms with Crippen molar-refractivity contribution in [1.82, 2.24) is 9.91 Å². The first-order chi connectivity index (χ1) is 15.3. The SMILES string of the molecule is C[C@@H](C(=O)N1Cc2ccccc2C[C@H]1C(=O)O)N(N=O)C(CCc1ccccc1)C(=O)O. The number of carbonyl (C=O) groups excluding carboxylic acids is 1. The average Bonchev–Trinajstić information content (AvgIpc) is 2.80. The lowest BCUT2D eigenvalue weighted by atomic mass is 9.93. The minimum atomic E-state index is -1.33. The summed E-state index contributed by atoms with van der Waals surface area (Å²) in [6.07, 6.45) is 0.572. The average molecular weight is 439 g/mol. The van der Waals surface area contributed by atoms with Gasteiger partial charge in [0.2, 0.25) is 5.91 Å². The van der Waals surface area contributed by atoms with Crippen LogP contribution in [0.3, 0.4) is 0 Å². The summed E-state index contributed by atoms with van der Waals surface area (Å²) >= 11 is 0. The van der Waals surface area contributed by atoms with E-state index in [1.165, 1.54) is 11.8 Å². The van der Waals surface area contributed by atoms with E-state index in [9.17, 15) is 29.5 Å². The molecule has 0 spiro atoms. The molecule has 2 N–H and O–H groups in total. The standard InChI is InChI=1S/C23H25N3O6/c1-15(26(24-32)19(22(28)29)12-11-16-7-3-2-4-8-16)21(27)25-14-18-10-6-5-9-17(18)13-20(25)23(30)31/h2-10,15,19-20H,11-14H2,1H3,(H,28,29)(H,30,31)/t15-,19?,20-/m0/s1. The summed E-state index contributed by atoms with van der Waals surface area (Å²) in [5.41, 5.74) is 2.55. The van der Waals surface area contributed by atoms with E-state index in [2.05, 4.69) is 5.29 Å². The Morgan fingerprint density at radius 3 is 2.28 bits per heavy atom. The van der Waals surface area contributed by atoms with Crippen LogP contribution >= 0.6 is 0 Å². The molecule has 9 heteroatoms. The summed E-state index contributed by atoms with van der Waals surface area (Å²) < 4.78 is 0. The number of carbonyl (C=O) groups is 3. The molecule has 0 radical (unpaired) electrons. The van der Waals surface area contributed by atoms with Gasteiger partial charge in [0.25, 0.3) is 0 Å². The Labute approximate surface area is 185 Å². The van der Waals surface area contributed by atoms with Crippen molar-refractivity contribution in [3.05, 3.63) is 76.2 Å². The van der Waals surface area contributed by atoms with Crippen LogP contribution in [-0.2, 0) is 33.8 Å². The molecule has 3 rings (SSSR count). The number of hydrogen-bond donors (Lipinski definition) is 2. The maximum Gasteiger partial charge on any atom is 0.328 e. The summed E-state index contributed by atoms with van der Waals surface area (Å²) in [5.74, 6) is -3.10. The third-order valence-electron chi connectivity index (χ3n) is 5.82. The highest BCUT2D eigenvalue weighted by Gasteiger charge is 2.40. The largest absolute Gasteiger partial charge is 0.480 e. The highest BCUT2D eigenvalue weighted by molar-refractivity contribution is 5.88. The quantitative estimate of drug-likeness (QED) is 0.454. The number of fused-ring (bicyclic) bond motifs is 1. The van der Waals surface area contributed by atoms with Gasteiger partial charge in [-0.05, 0) is 36.5 Å². The van der Waals surface area contributed by atoms with Gasteiger partial charge in [-0.3, -0.25) is 4.79 Å². The fraction of sp³-hybridized carbons (Fsp3) is 0.348. The minimum absolute atomic E-state index is 0.0603. The second kappa shape index (κ2) is 10.0. The number of amides is 1. The predicted molar refractivity (Wildman–Crippen MR) is 115 cm³/mol. The molecule has 1 amide bonds. The Kier molecular flexibility index (Phi) is 7.19. The van der Waals surface area contributed by atoms with Gasteiger partial charge in [-0.1, -0.05) is 54.6 Å². The number of aliphatic carboxylic acids is 2. The van der Waals surface area contributed by atoms with Crippen molar-refractivity contribution in [2.75, 3.05) is 0 Å². The topological polar surface area (TPSA) is 128 Å². The van der Waals surface area contributed by atoms with Gasteiger partial charge in [-0.2, -0.15) is 0 Å². The monoisotopic (exact) mass is 439 g/mol. The molecule has 0 aliphatic carbocycles. The van der Waals surface area contributed by atoms with E-state index in [1.54, 1.807) is 12.1 Å². The first-order valence-electron chi connectivity index (χ1n) is 10.3. The lowest BCUT2D eigenvalue weighted by Gasteiger charge is -2.38. The molecule has 32 heavy (non-hydrogen) atoms. The molecule has 2 aromatic carbocycles. The van der Waals surface area contributed by atoms with E-state index in [0.717, 1.165) is 21.7 Å². The van der Waals surface area contributed by atoms with E-state index in [-0.39, 0.29) is 19.4 Å². The van der Waals surface area contributed by atoms with Crippen molar-refractivity contribution in [3.8, 4) is 0 Å². The number of carboxylic acid groups (broad SMARTS) is 2. The van der Waals surface area contributed by atoms with E-state index >= 15 is 0 Å². The van der Waals surface area contributed by atoms with Crippen molar-refractivity contribution in [2.24, 2.45) is 5.29 Å². The van der Waals surface area contributed by atoms with Crippen LogP contribution in [0, 0.1) is 4.91 Å². The molecule has 0 bridgehead atoms. The molecule has 1 aliphatic rings. The molecular weight excluding hydrogens is 414 g/mol. The Hall–Kier alpha value is -3.75. The number of hydrogen-bond acceptors (Lipinski definition) is 5. The molecule has 3 atom stereocenters. The molecular formula is C23H25N3O6. The van der Waals surface area contributed by atoms with Crippen LogP contribution in [0.5, 0.6) is 0 Å². The van der Waals surface area contributed by atoms with Crippen LogP contribution in [-0.4, -0.2) is 56.1 Å². The first kappa shape index (κ1) is 22.9. The molecule has 0 aromatic heterocycles. The molecule has 2 aromatic rings. The Morgan fingerprint density at radius 1 is 1.06 bits per heavy atom. The Bertz CT molecular complexity index is 996. The molecule has 1 unspecified atom stereocenters. The lowest BCUT2D eigenvalue weighted by Crippen LogP contribution is -2.56. The van der Waals surface area contributed by atoms with Gasteiger partial charge in [-0.25, -0.2) is 14.6 Å². The van der Waals surface area contributed by atoms with Crippen molar-refractivity contribution in [1.29, 1.82) is 0 Å². The summed E-state index contributed by atoms with van der Waals surface area (Å²) in [6.45, 7) is 1.44. The Morgan fingerprint density at radius 2 is 1.69 bits per heavy atom. The summed E-state index contributed by atoms with van der Waals surface area (Å²) in [6, 6.07) is 12.7. The van der Waals surface area contributed by atoms with Crippen molar-refractivity contribution in [2.45, 2.75) is 50.9 Å². The zero-order chi connectivity index (χ0) is 23.3. The van der Waals surface area contributed by atoms with E-state index in [1.807, 2.05) is 42.5 Å². The third kappa shape index (κ3) is 4.93. The zero-order valence-electron chi connectivity index (χ0n) is 17.6. The summed E-state index contributed by atoms with van der Waals surface area (Å²) in [4.78, 5) is 49.8. The fourth-order valence-corrected chi connectivity index (χ4v) is 4.04. The number of nitroso groups, excluding NO2 is 1. The van der Waals surface area contributed by atoms with Crippen LogP contribution in [0.15, 0.2) is 59.9 Å². The van der Waals surface area contributed by atoms with E-state index in [4.69, 9.17) is 0 Å². The van der Waals surface area contributed by atoms with Gasteiger partial charge in [0.1, 0.15) is 18.1 Å². The molecule has 168 valence electrons. The first-order valence-corrected chi connectivity index (χ1v) is 10.3. The second-order valence-electron chi connectivity index (χ2n) is 7.81.